The minimum Gasteiger partial charge on any atom is -0.493 e. The molecule has 156 valence electrons. The summed E-state index contributed by atoms with van der Waals surface area (Å²) in [6.45, 7) is 0.0437. The van der Waals surface area contributed by atoms with Gasteiger partial charge in [0.15, 0.2) is 11.5 Å². The van der Waals surface area contributed by atoms with Crippen LogP contribution >= 0.6 is 0 Å². The molecular weight excluding hydrogens is 380 g/mol. The van der Waals surface area contributed by atoms with Crippen molar-refractivity contribution in [2.45, 2.75) is 12.6 Å². The number of nitro benzene ring substituents is 1. The number of non-ortho nitro benzene ring substituents is 1. The predicted octanol–water partition coefficient (Wildman–Crippen LogP) is 1.27. The van der Waals surface area contributed by atoms with Gasteiger partial charge in [-0.15, -0.1) is 0 Å². The average Bonchev–Trinajstić information content (AvgIpc) is 2.75. The quantitative estimate of drug-likeness (QED) is 0.342. The number of nitrogens with one attached hydrogen (secondary N) is 2. The third-order valence-electron chi connectivity index (χ3n) is 4.22. The van der Waals surface area contributed by atoms with E-state index in [1.165, 1.54) is 32.4 Å². The van der Waals surface area contributed by atoms with Gasteiger partial charge < -0.3 is 30.9 Å². The van der Waals surface area contributed by atoms with Crippen LogP contribution in [0.25, 0.3) is 0 Å². The van der Waals surface area contributed by atoms with E-state index in [-0.39, 0.29) is 30.9 Å². The van der Waals surface area contributed by atoms with E-state index < -0.39 is 16.9 Å². The van der Waals surface area contributed by atoms with Crippen LogP contribution in [-0.4, -0.2) is 49.4 Å². The number of nitrogens with two attached hydrogens (primary N) is 1. The Kier molecular flexibility index (Phi) is 7.75. The van der Waals surface area contributed by atoms with Gasteiger partial charge in [-0.25, -0.2) is 0 Å². The molecule has 2 aromatic carbocycles. The summed E-state index contributed by atoms with van der Waals surface area (Å²) in [5.74, 6) is 0.565. The fourth-order valence-corrected chi connectivity index (χ4v) is 2.63. The second-order valence-corrected chi connectivity index (χ2v) is 6.12. The normalized spacial score (nSPS) is 11.4. The summed E-state index contributed by atoms with van der Waals surface area (Å²) in [7, 11) is 3.04. The number of ether oxygens (including phenoxy) is 2. The fourth-order valence-electron chi connectivity index (χ4n) is 2.63. The molecule has 0 bridgehead atoms. The Morgan fingerprint density at radius 2 is 1.93 bits per heavy atom. The number of rotatable bonds is 10. The Balaban J connectivity index is 2.23. The van der Waals surface area contributed by atoms with Crippen LogP contribution in [0, 0.1) is 10.1 Å². The Hall–Kier alpha value is -3.37. The van der Waals surface area contributed by atoms with Crippen molar-refractivity contribution >= 4 is 17.3 Å². The van der Waals surface area contributed by atoms with E-state index >= 15 is 0 Å². The molecule has 0 spiro atoms. The number of nitro groups is 1. The Bertz CT molecular complexity index is 870. The average molecular weight is 404 g/mol. The maximum atomic E-state index is 12.7. The molecule has 0 aliphatic rings. The molecule has 0 aliphatic heterocycles. The molecule has 0 saturated carbocycles. The molecule has 1 atom stereocenters. The lowest BCUT2D eigenvalue weighted by atomic mass is 10.1. The maximum Gasteiger partial charge on any atom is 0.270 e. The van der Waals surface area contributed by atoms with Crippen molar-refractivity contribution in [1.82, 2.24) is 5.32 Å². The zero-order chi connectivity index (χ0) is 21.4. The van der Waals surface area contributed by atoms with Crippen LogP contribution < -0.4 is 25.8 Å². The van der Waals surface area contributed by atoms with Gasteiger partial charge in [-0.2, -0.15) is 0 Å². The lowest BCUT2D eigenvalue weighted by Crippen LogP contribution is -2.33. The van der Waals surface area contributed by atoms with Gasteiger partial charge in [-0.3, -0.25) is 14.9 Å². The standard InChI is InChI=1S/C19H24N4O6/c1-28-17-6-3-12(7-18(17)29-2)10-21-19(25)15-8-14(23(26)27)4-5-16(15)22-13(9-20)11-24/h3-8,13,22,24H,9-11,20H2,1-2H3,(H,21,25)/t13-/m0/s1. The van der Waals surface area contributed by atoms with Gasteiger partial charge in [0, 0.05) is 30.9 Å². The number of aliphatic hydroxyl groups is 1. The van der Waals surface area contributed by atoms with Gasteiger partial charge in [-0.1, -0.05) is 6.07 Å². The molecule has 10 heteroatoms. The van der Waals surface area contributed by atoms with Gasteiger partial charge in [0.1, 0.15) is 0 Å². The number of carbonyl (C=O) groups excluding carboxylic acids is 1. The third kappa shape index (κ3) is 5.56. The summed E-state index contributed by atoms with van der Waals surface area (Å²) in [5.41, 5.74) is 6.51. The molecule has 2 rings (SSSR count). The number of methoxy groups -OCH3 is 2. The van der Waals surface area contributed by atoms with E-state index in [9.17, 15) is 20.0 Å². The van der Waals surface area contributed by atoms with Gasteiger partial charge in [0.2, 0.25) is 0 Å². The van der Waals surface area contributed by atoms with Crippen molar-refractivity contribution in [3.63, 3.8) is 0 Å². The minimum atomic E-state index is -0.582. The number of hydrogen-bond donors (Lipinski definition) is 4. The highest BCUT2D eigenvalue weighted by Gasteiger charge is 2.18. The van der Waals surface area contributed by atoms with Crippen molar-refractivity contribution in [2.24, 2.45) is 5.73 Å². The van der Waals surface area contributed by atoms with Crippen molar-refractivity contribution in [2.75, 3.05) is 32.7 Å². The van der Waals surface area contributed by atoms with Crippen LogP contribution in [0.2, 0.25) is 0 Å². The molecular formula is C19H24N4O6. The SMILES string of the molecule is COc1ccc(CNC(=O)c2cc([N+](=O)[O-])ccc2N[C@@H](CN)CO)cc1OC. The summed E-state index contributed by atoms with van der Waals surface area (Å²) < 4.78 is 10.4. The lowest BCUT2D eigenvalue weighted by Gasteiger charge is -2.18. The summed E-state index contributed by atoms with van der Waals surface area (Å²) >= 11 is 0. The van der Waals surface area contributed by atoms with Crippen molar-refractivity contribution in [1.29, 1.82) is 0 Å². The number of benzene rings is 2. The molecule has 2 aromatic rings. The number of nitrogens with zero attached hydrogens (tertiary/aromatic N) is 1. The first-order valence-electron chi connectivity index (χ1n) is 8.78. The maximum absolute atomic E-state index is 12.7. The van der Waals surface area contributed by atoms with Crippen LogP contribution in [0.3, 0.4) is 0 Å². The molecule has 0 aromatic heterocycles. The second kappa shape index (κ2) is 10.2. The smallest absolute Gasteiger partial charge is 0.270 e. The molecule has 5 N–H and O–H groups in total. The van der Waals surface area contributed by atoms with Gasteiger partial charge in [0.05, 0.1) is 37.4 Å². The second-order valence-electron chi connectivity index (χ2n) is 6.12. The van der Waals surface area contributed by atoms with Gasteiger partial charge in [0.25, 0.3) is 11.6 Å². The predicted molar refractivity (Wildman–Crippen MR) is 107 cm³/mol. The van der Waals surface area contributed by atoms with E-state index in [2.05, 4.69) is 10.6 Å². The molecule has 0 unspecified atom stereocenters. The highest BCUT2D eigenvalue weighted by atomic mass is 16.6. The Morgan fingerprint density at radius 3 is 2.52 bits per heavy atom. The molecule has 0 radical (unpaired) electrons. The number of carbonyl (C=O) groups is 1. The topological polar surface area (TPSA) is 149 Å². The van der Waals surface area contributed by atoms with E-state index in [0.717, 1.165) is 5.56 Å². The number of hydrogen-bond acceptors (Lipinski definition) is 8. The Morgan fingerprint density at radius 1 is 1.21 bits per heavy atom. The van der Waals surface area contributed by atoms with Crippen LogP contribution in [0.15, 0.2) is 36.4 Å². The number of anilines is 1. The van der Waals surface area contributed by atoms with E-state index in [0.29, 0.717) is 17.2 Å². The number of aliphatic hydroxyl groups excluding tert-OH is 1. The van der Waals surface area contributed by atoms with E-state index in [1.807, 2.05) is 0 Å². The highest BCUT2D eigenvalue weighted by molar-refractivity contribution is 6.00. The largest absolute Gasteiger partial charge is 0.493 e. The van der Waals surface area contributed by atoms with Crippen LogP contribution in [0.5, 0.6) is 11.5 Å². The van der Waals surface area contributed by atoms with Crippen LogP contribution in [0.4, 0.5) is 11.4 Å². The lowest BCUT2D eigenvalue weighted by molar-refractivity contribution is -0.384. The molecule has 1 amide bonds. The molecule has 0 heterocycles. The van der Waals surface area contributed by atoms with Gasteiger partial charge >= 0.3 is 0 Å². The van der Waals surface area contributed by atoms with Crippen LogP contribution in [-0.2, 0) is 6.54 Å². The molecule has 10 nitrogen and oxygen atoms in total. The molecule has 0 saturated heterocycles. The van der Waals surface area contributed by atoms with Gasteiger partial charge in [-0.05, 0) is 23.8 Å². The van der Waals surface area contributed by atoms with Crippen molar-refractivity contribution in [3.05, 3.63) is 57.6 Å². The van der Waals surface area contributed by atoms with E-state index in [4.69, 9.17) is 15.2 Å². The summed E-state index contributed by atoms with van der Waals surface area (Å²) in [6.07, 6.45) is 0. The summed E-state index contributed by atoms with van der Waals surface area (Å²) in [4.78, 5) is 23.2. The zero-order valence-electron chi connectivity index (χ0n) is 16.2. The minimum absolute atomic E-state index is 0.0755. The fraction of sp³-hybridized carbons (Fsp3) is 0.316. The molecule has 0 aliphatic carbocycles. The first-order chi connectivity index (χ1) is 13.9. The number of amides is 1. The van der Waals surface area contributed by atoms with Crippen LogP contribution in [0.1, 0.15) is 15.9 Å². The van der Waals surface area contributed by atoms with Crippen molar-refractivity contribution in [3.8, 4) is 11.5 Å². The first kappa shape index (κ1) is 21.9. The Labute approximate surface area is 167 Å². The van der Waals surface area contributed by atoms with E-state index in [1.54, 1.807) is 18.2 Å². The highest BCUT2D eigenvalue weighted by Crippen LogP contribution is 2.28. The first-order valence-corrected chi connectivity index (χ1v) is 8.78. The molecule has 29 heavy (non-hydrogen) atoms. The monoisotopic (exact) mass is 404 g/mol. The molecule has 0 fully saturated rings. The van der Waals surface area contributed by atoms with Crippen molar-refractivity contribution < 1.29 is 24.3 Å². The summed E-state index contributed by atoms with van der Waals surface area (Å²) in [5, 5.41) is 26.1. The summed E-state index contributed by atoms with van der Waals surface area (Å²) in [6, 6.07) is 8.59. The third-order valence-corrected chi connectivity index (χ3v) is 4.22. The zero-order valence-corrected chi connectivity index (χ0v) is 16.2.